The Morgan fingerprint density at radius 1 is 0.700 bits per heavy atom. The van der Waals surface area contributed by atoms with E-state index in [4.69, 9.17) is 32.7 Å². The number of alkyl halides is 8. The largest absolute Gasteiger partial charge is 0.484 e. The minimum Gasteiger partial charge on any atom is -0.484 e. The van der Waals surface area contributed by atoms with Gasteiger partial charge in [-0.25, -0.2) is 0 Å². The van der Waals surface area contributed by atoms with Crippen LogP contribution in [0.15, 0.2) is 72.9 Å². The summed E-state index contributed by atoms with van der Waals surface area (Å²) in [5.41, 5.74) is 0. The highest BCUT2D eigenvalue weighted by Gasteiger charge is 2.59. The predicted molar refractivity (Wildman–Crippen MR) is 101 cm³/mol. The molecule has 2 aliphatic rings. The Hall–Kier alpha value is -2.06. The number of allylic oxidation sites excluding steroid dienone is 4. The topological polar surface area (TPSA) is 18.5 Å². The van der Waals surface area contributed by atoms with E-state index in [1.807, 2.05) is 0 Å². The zero-order valence-corrected chi connectivity index (χ0v) is 16.4. The maximum Gasteiger partial charge on any atom is 0.415 e. The van der Waals surface area contributed by atoms with Crippen LogP contribution < -0.4 is 9.47 Å². The normalized spacial score (nSPS) is 31.1. The van der Waals surface area contributed by atoms with E-state index in [9.17, 15) is 26.3 Å². The molecule has 0 saturated carbocycles. The molecule has 0 bridgehead atoms. The van der Waals surface area contributed by atoms with Gasteiger partial charge in [-0.2, -0.15) is 26.3 Å². The fourth-order valence-corrected chi connectivity index (χ4v) is 3.25. The van der Waals surface area contributed by atoms with Crippen LogP contribution in [0.1, 0.15) is 0 Å². The molecule has 0 fully saturated rings. The van der Waals surface area contributed by atoms with E-state index >= 15 is 0 Å². The summed E-state index contributed by atoms with van der Waals surface area (Å²) in [6.07, 6.45) is -4.00. The van der Waals surface area contributed by atoms with Crippen LogP contribution in [0, 0.1) is 0 Å². The maximum absolute atomic E-state index is 13.4. The summed E-state index contributed by atoms with van der Waals surface area (Å²) in [5.74, 6) is -0.150. The van der Waals surface area contributed by atoms with Crippen molar-refractivity contribution in [2.24, 2.45) is 0 Å². The number of rotatable bonds is 4. The van der Waals surface area contributed by atoms with Gasteiger partial charge in [-0.15, -0.1) is 23.2 Å². The van der Waals surface area contributed by atoms with Gasteiger partial charge in [0.15, 0.2) is 9.75 Å². The van der Waals surface area contributed by atoms with Gasteiger partial charge in [0.25, 0.3) is 0 Å². The third-order valence-electron chi connectivity index (χ3n) is 4.50. The molecule has 10 heteroatoms. The van der Waals surface area contributed by atoms with E-state index in [0.29, 0.717) is 0 Å². The highest BCUT2D eigenvalue weighted by Crippen LogP contribution is 2.45. The van der Waals surface area contributed by atoms with Crippen molar-refractivity contribution in [2.45, 2.75) is 34.3 Å². The first-order chi connectivity index (χ1) is 13.9. The zero-order valence-electron chi connectivity index (χ0n) is 14.9. The summed E-state index contributed by atoms with van der Waals surface area (Å²) in [5, 5.41) is 0. The summed E-state index contributed by atoms with van der Waals surface area (Å²) in [4.78, 5) is -5.59. The molecule has 162 valence electrons. The van der Waals surface area contributed by atoms with Gasteiger partial charge in [-0.05, 0) is 24.3 Å². The lowest BCUT2D eigenvalue weighted by molar-refractivity contribution is -0.164. The standard InChI is InChI=1S/C20H14Cl2F6O2/c21-17(19(23,24)25)10-3-1-8-15(17)29-13-6-5-7-14(12-13)30-16-9-2-4-11-18(16,22)20(26,27)28/h1-12,15-16H. The Kier molecular flexibility index (Phi) is 5.95. The van der Waals surface area contributed by atoms with E-state index in [-0.39, 0.29) is 11.5 Å². The fourth-order valence-electron chi connectivity index (χ4n) is 2.87. The van der Waals surface area contributed by atoms with E-state index < -0.39 is 34.3 Å². The van der Waals surface area contributed by atoms with Crippen LogP contribution in [0.25, 0.3) is 0 Å². The summed E-state index contributed by atoms with van der Waals surface area (Å²) < 4.78 is 91.2. The van der Waals surface area contributed by atoms with E-state index in [1.165, 1.54) is 36.4 Å². The third-order valence-corrected chi connectivity index (χ3v) is 5.61. The van der Waals surface area contributed by atoms with Crippen LogP contribution >= 0.6 is 23.2 Å². The smallest absolute Gasteiger partial charge is 0.415 e. The molecule has 0 heterocycles. The average molecular weight is 471 g/mol. The molecule has 0 radical (unpaired) electrons. The second kappa shape index (κ2) is 7.89. The number of halogens is 8. The van der Waals surface area contributed by atoms with Gasteiger partial charge in [0.1, 0.15) is 23.7 Å². The van der Waals surface area contributed by atoms with Gasteiger partial charge >= 0.3 is 12.4 Å². The van der Waals surface area contributed by atoms with Crippen LogP contribution in [0.5, 0.6) is 11.5 Å². The lowest BCUT2D eigenvalue weighted by atomic mass is 9.95. The van der Waals surface area contributed by atoms with Crippen molar-refractivity contribution in [3.05, 3.63) is 72.9 Å². The van der Waals surface area contributed by atoms with Crippen molar-refractivity contribution in [1.29, 1.82) is 0 Å². The van der Waals surface area contributed by atoms with E-state index in [0.717, 1.165) is 36.5 Å². The first-order valence-electron chi connectivity index (χ1n) is 8.53. The van der Waals surface area contributed by atoms with Crippen molar-refractivity contribution in [3.63, 3.8) is 0 Å². The van der Waals surface area contributed by atoms with E-state index in [2.05, 4.69) is 0 Å². The Labute approximate surface area is 178 Å². The van der Waals surface area contributed by atoms with Crippen LogP contribution in [-0.4, -0.2) is 34.3 Å². The van der Waals surface area contributed by atoms with Gasteiger partial charge in [0.2, 0.25) is 0 Å². The van der Waals surface area contributed by atoms with Crippen LogP contribution in [0.4, 0.5) is 26.3 Å². The van der Waals surface area contributed by atoms with Crippen LogP contribution in [0.3, 0.4) is 0 Å². The molecule has 4 atom stereocenters. The lowest BCUT2D eigenvalue weighted by Gasteiger charge is -2.35. The maximum atomic E-state index is 13.4. The Morgan fingerprint density at radius 3 is 1.47 bits per heavy atom. The highest BCUT2D eigenvalue weighted by atomic mass is 35.5. The number of benzene rings is 1. The lowest BCUT2D eigenvalue weighted by Crippen LogP contribution is -2.51. The molecule has 0 saturated heterocycles. The quantitative estimate of drug-likeness (QED) is 0.368. The Bertz CT molecular complexity index is 836. The first kappa shape index (κ1) is 22.6. The molecule has 0 amide bonds. The second-order valence-corrected chi connectivity index (χ2v) is 7.82. The third kappa shape index (κ3) is 4.21. The Balaban J connectivity index is 1.82. The molecule has 4 unspecified atom stereocenters. The molecular formula is C20H14Cl2F6O2. The number of hydrogen-bond acceptors (Lipinski definition) is 2. The summed E-state index contributed by atoms with van der Waals surface area (Å²) in [6.45, 7) is 0. The molecule has 0 spiro atoms. The average Bonchev–Trinajstić information content (AvgIpc) is 2.64. The molecule has 1 aromatic rings. The second-order valence-electron chi connectivity index (χ2n) is 6.57. The van der Waals surface area contributed by atoms with Gasteiger partial charge in [-0.3, -0.25) is 0 Å². The van der Waals surface area contributed by atoms with Crippen molar-refractivity contribution in [2.75, 3.05) is 0 Å². The molecule has 1 aromatic carbocycles. The van der Waals surface area contributed by atoms with Crippen molar-refractivity contribution in [1.82, 2.24) is 0 Å². The molecule has 30 heavy (non-hydrogen) atoms. The van der Waals surface area contributed by atoms with Crippen molar-refractivity contribution < 1.29 is 35.8 Å². The summed E-state index contributed by atoms with van der Waals surface area (Å²) >= 11 is 11.5. The van der Waals surface area contributed by atoms with E-state index in [1.54, 1.807) is 0 Å². The molecule has 2 aliphatic carbocycles. The van der Waals surface area contributed by atoms with Gasteiger partial charge < -0.3 is 9.47 Å². The molecule has 0 N–H and O–H groups in total. The Morgan fingerprint density at radius 2 is 1.10 bits per heavy atom. The summed E-state index contributed by atoms with van der Waals surface area (Å²) in [7, 11) is 0. The minimum atomic E-state index is -4.81. The van der Waals surface area contributed by atoms with Gasteiger partial charge in [-0.1, -0.05) is 42.5 Å². The van der Waals surface area contributed by atoms with Crippen LogP contribution in [-0.2, 0) is 0 Å². The molecule has 3 rings (SSSR count). The van der Waals surface area contributed by atoms with Gasteiger partial charge in [0.05, 0.1) is 0 Å². The van der Waals surface area contributed by atoms with Gasteiger partial charge in [0, 0.05) is 6.07 Å². The predicted octanol–water partition coefficient (Wildman–Crippen LogP) is 6.51. The SMILES string of the molecule is FC(F)(F)C1(Cl)C=CC=CC1Oc1cccc(OC2C=CC=CC2(Cl)C(F)(F)F)c1. The highest BCUT2D eigenvalue weighted by molar-refractivity contribution is 6.27. The van der Waals surface area contributed by atoms with Crippen molar-refractivity contribution in [3.8, 4) is 11.5 Å². The number of hydrogen-bond donors (Lipinski definition) is 0. The minimum absolute atomic E-state index is 0.0748. The first-order valence-corrected chi connectivity index (χ1v) is 9.29. The zero-order chi connectivity index (χ0) is 22.2. The number of ether oxygens (including phenoxy) is 2. The molecule has 2 nitrogen and oxygen atoms in total. The fraction of sp³-hybridized carbons (Fsp3) is 0.300. The molecule has 0 aromatic heterocycles. The molecule has 0 aliphatic heterocycles. The van der Waals surface area contributed by atoms with Crippen molar-refractivity contribution >= 4 is 23.2 Å². The summed E-state index contributed by atoms with van der Waals surface area (Å²) in [6, 6.07) is 5.20. The monoisotopic (exact) mass is 470 g/mol. The molecular weight excluding hydrogens is 457 g/mol. The van der Waals surface area contributed by atoms with Crippen LogP contribution in [0.2, 0.25) is 0 Å².